The summed E-state index contributed by atoms with van der Waals surface area (Å²) in [5.41, 5.74) is 0.226. The van der Waals surface area contributed by atoms with Crippen LogP contribution in [0.25, 0.3) is 0 Å². The smallest absolute Gasteiger partial charge is 0.335 e. The van der Waals surface area contributed by atoms with Gasteiger partial charge in [-0.3, -0.25) is 9.36 Å². The van der Waals surface area contributed by atoms with Gasteiger partial charge in [-0.05, 0) is 6.07 Å². The molecule has 1 aliphatic rings. The lowest BCUT2D eigenvalue weighted by Gasteiger charge is -2.19. The monoisotopic (exact) mass is 274 g/mol. The Morgan fingerprint density at radius 2 is 2.15 bits per heavy atom. The highest BCUT2D eigenvalue weighted by atomic mass is 16.2. The molecule has 3 heterocycles. The van der Waals surface area contributed by atoms with Crippen molar-refractivity contribution in [1.29, 1.82) is 0 Å². The summed E-state index contributed by atoms with van der Waals surface area (Å²) >= 11 is 0. The highest BCUT2D eigenvalue weighted by Gasteiger charge is 2.22. The first-order valence-corrected chi connectivity index (χ1v) is 6.35. The zero-order valence-electron chi connectivity index (χ0n) is 11.1. The van der Waals surface area contributed by atoms with Crippen molar-refractivity contribution in [3.8, 4) is 0 Å². The molecule has 0 aliphatic carbocycles. The van der Waals surface area contributed by atoms with Crippen LogP contribution in [0.2, 0.25) is 0 Å². The summed E-state index contributed by atoms with van der Waals surface area (Å²) in [6.45, 7) is 1.46. The number of carbonyl (C=O) groups excluding carboxylic acids is 1. The molecule has 2 aromatic heterocycles. The molecule has 0 radical (unpaired) electrons. The number of aryl methyl sites for hydroxylation is 1. The van der Waals surface area contributed by atoms with E-state index in [2.05, 4.69) is 15.1 Å². The lowest BCUT2D eigenvalue weighted by Crippen LogP contribution is -2.35. The van der Waals surface area contributed by atoms with Crippen molar-refractivity contribution >= 4 is 5.91 Å². The van der Waals surface area contributed by atoms with E-state index in [-0.39, 0.29) is 11.6 Å². The summed E-state index contributed by atoms with van der Waals surface area (Å²) < 4.78 is 2.95. The summed E-state index contributed by atoms with van der Waals surface area (Å²) in [7, 11) is 1.63. The van der Waals surface area contributed by atoms with Crippen LogP contribution in [0.5, 0.6) is 0 Å². The van der Waals surface area contributed by atoms with Gasteiger partial charge >= 0.3 is 5.69 Å². The van der Waals surface area contributed by atoms with Crippen LogP contribution in [-0.4, -0.2) is 48.2 Å². The summed E-state index contributed by atoms with van der Waals surface area (Å²) in [4.78, 5) is 33.6. The van der Waals surface area contributed by atoms with Crippen molar-refractivity contribution in [3.63, 3.8) is 0 Å². The summed E-state index contributed by atoms with van der Waals surface area (Å²) in [5, 5.41) is 4.18. The van der Waals surface area contributed by atoms with E-state index in [4.69, 9.17) is 0 Å². The molecule has 0 spiro atoms. The molecule has 8 nitrogen and oxygen atoms in total. The minimum Gasteiger partial charge on any atom is -0.335 e. The zero-order valence-corrected chi connectivity index (χ0v) is 11.1. The van der Waals surface area contributed by atoms with Gasteiger partial charge in [0.1, 0.15) is 17.8 Å². The van der Waals surface area contributed by atoms with Gasteiger partial charge in [0.25, 0.3) is 5.91 Å². The fourth-order valence-corrected chi connectivity index (χ4v) is 2.31. The van der Waals surface area contributed by atoms with E-state index >= 15 is 0 Å². The maximum absolute atomic E-state index is 12.3. The van der Waals surface area contributed by atoms with E-state index in [1.165, 1.54) is 11.0 Å². The van der Waals surface area contributed by atoms with Crippen molar-refractivity contribution in [2.75, 3.05) is 13.1 Å². The first-order valence-electron chi connectivity index (χ1n) is 6.35. The maximum atomic E-state index is 12.3. The maximum Gasteiger partial charge on any atom is 0.345 e. The zero-order chi connectivity index (χ0) is 14.1. The summed E-state index contributed by atoms with van der Waals surface area (Å²) in [5.74, 6) is 0.575. The Labute approximate surface area is 114 Å². The van der Waals surface area contributed by atoms with Crippen LogP contribution in [0, 0.1) is 0 Å². The van der Waals surface area contributed by atoms with Gasteiger partial charge in [0.15, 0.2) is 0 Å². The van der Waals surface area contributed by atoms with Gasteiger partial charge < -0.3 is 4.90 Å². The minimum atomic E-state index is -0.144. The number of carbonyl (C=O) groups is 1. The Bertz CT molecular complexity index is 690. The third kappa shape index (κ3) is 2.09. The van der Waals surface area contributed by atoms with Crippen LogP contribution < -0.4 is 5.69 Å². The van der Waals surface area contributed by atoms with Crippen molar-refractivity contribution in [3.05, 3.63) is 40.6 Å². The molecule has 2 aromatic rings. The van der Waals surface area contributed by atoms with Gasteiger partial charge in [0.2, 0.25) is 0 Å². The van der Waals surface area contributed by atoms with Crippen LogP contribution in [-0.2, 0) is 20.0 Å². The van der Waals surface area contributed by atoms with E-state index in [0.717, 1.165) is 5.82 Å². The Morgan fingerprint density at radius 1 is 1.30 bits per heavy atom. The second-order valence-corrected chi connectivity index (χ2v) is 4.61. The van der Waals surface area contributed by atoms with Gasteiger partial charge in [0.05, 0.1) is 0 Å². The van der Waals surface area contributed by atoms with Gasteiger partial charge in [-0.15, -0.1) is 0 Å². The number of hydrogen-bond acceptors (Lipinski definition) is 5. The Morgan fingerprint density at radius 3 is 2.90 bits per heavy atom. The van der Waals surface area contributed by atoms with Gasteiger partial charge in [-0.25, -0.2) is 19.4 Å². The molecule has 0 bridgehead atoms. The molecule has 104 valence electrons. The second kappa shape index (κ2) is 4.87. The molecule has 3 rings (SSSR count). The Hall–Kier alpha value is -2.51. The quantitative estimate of drug-likeness (QED) is 0.670. The average molecular weight is 274 g/mol. The normalized spacial score (nSPS) is 14.8. The molecular formula is C12H14N6O2. The molecule has 20 heavy (non-hydrogen) atoms. The fourth-order valence-electron chi connectivity index (χ4n) is 2.31. The number of amides is 1. The molecule has 0 aromatic carbocycles. The highest BCUT2D eigenvalue weighted by molar-refractivity contribution is 5.92. The average Bonchev–Trinajstić information content (AvgIpc) is 2.66. The molecule has 0 N–H and O–H groups in total. The van der Waals surface area contributed by atoms with Crippen LogP contribution in [0.3, 0.4) is 0 Å². The van der Waals surface area contributed by atoms with E-state index in [0.29, 0.717) is 31.7 Å². The molecule has 1 amide bonds. The first-order chi connectivity index (χ1) is 9.66. The molecular weight excluding hydrogens is 260 g/mol. The first kappa shape index (κ1) is 12.5. The number of aromatic nitrogens is 5. The molecule has 0 saturated carbocycles. The number of fused-ring (bicyclic) bond motifs is 1. The number of hydrogen-bond donors (Lipinski definition) is 0. The molecule has 0 unspecified atom stereocenters. The topological polar surface area (TPSA) is 85.9 Å². The van der Waals surface area contributed by atoms with Gasteiger partial charge in [-0.2, -0.15) is 5.10 Å². The standard InChI is InChI=1S/C12H14N6O2/c1-16-12(20)18-7-6-17(5-3-10(18)15-16)11(19)9-2-4-13-8-14-9/h2,4,8H,3,5-7H2,1H3. The highest BCUT2D eigenvalue weighted by Crippen LogP contribution is 2.07. The molecule has 0 fully saturated rings. The van der Waals surface area contributed by atoms with Gasteiger partial charge in [0, 0.05) is 39.3 Å². The predicted molar refractivity (Wildman–Crippen MR) is 69.1 cm³/mol. The van der Waals surface area contributed by atoms with E-state index < -0.39 is 0 Å². The predicted octanol–water partition coefficient (Wildman–Crippen LogP) is -0.930. The van der Waals surface area contributed by atoms with E-state index in [1.54, 1.807) is 28.8 Å². The van der Waals surface area contributed by atoms with Crippen LogP contribution in [0.15, 0.2) is 23.4 Å². The third-order valence-corrected chi connectivity index (χ3v) is 3.37. The molecule has 0 atom stereocenters. The van der Waals surface area contributed by atoms with E-state index in [9.17, 15) is 9.59 Å². The lowest BCUT2D eigenvalue weighted by atomic mass is 10.3. The van der Waals surface area contributed by atoms with Crippen molar-refractivity contribution in [1.82, 2.24) is 29.2 Å². The number of rotatable bonds is 1. The summed E-state index contributed by atoms with van der Waals surface area (Å²) in [6, 6.07) is 1.59. The minimum absolute atomic E-state index is 0.142. The van der Waals surface area contributed by atoms with Crippen molar-refractivity contribution in [2.45, 2.75) is 13.0 Å². The van der Waals surface area contributed by atoms with Crippen LogP contribution >= 0.6 is 0 Å². The second-order valence-electron chi connectivity index (χ2n) is 4.61. The van der Waals surface area contributed by atoms with Crippen LogP contribution in [0.4, 0.5) is 0 Å². The lowest BCUT2D eigenvalue weighted by molar-refractivity contribution is 0.0752. The Kier molecular flexibility index (Phi) is 3.05. The van der Waals surface area contributed by atoms with Crippen LogP contribution in [0.1, 0.15) is 16.3 Å². The fraction of sp³-hybridized carbons (Fsp3) is 0.417. The van der Waals surface area contributed by atoms with Gasteiger partial charge in [-0.1, -0.05) is 0 Å². The molecule has 8 heteroatoms. The SMILES string of the molecule is Cn1nc2n(c1=O)CCN(C(=O)c1ccncn1)CC2. The Balaban J connectivity index is 1.80. The molecule has 1 aliphatic heterocycles. The number of nitrogens with zero attached hydrogens (tertiary/aromatic N) is 6. The largest absolute Gasteiger partial charge is 0.345 e. The van der Waals surface area contributed by atoms with Crippen molar-refractivity contribution in [2.24, 2.45) is 7.05 Å². The molecule has 0 saturated heterocycles. The van der Waals surface area contributed by atoms with E-state index in [1.807, 2.05) is 0 Å². The third-order valence-electron chi connectivity index (χ3n) is 3.37. The summed E-state index contributed by atoms with van der Waals surface area (Å²) in [6.07, 6.45) is 3.46. The van der Waals surface area contributed by atoms with Crippen molar-refractivity contribution < 1.29 is 4.79 Å².